The Morgan fingerprint density at radius 1 is 1.26 bits per heavy atom. The van der Waals surface area contributed by atoms with E-state index in [2.05, 4.69) is 15.6 Å². The zero-order chi connectivity index (χ0) is 16.5. The number of hydrogen-bond acceptors (Lipinski definition) is 4. The van der Waals surface area contributed by atoms with Gasteiger partial charge in [-0.2, -0.15) is 0 Å². The van der Waals surface area contributed by atoms with Crippen LogP contribution in [0.2, 0.25) is 0 Å². The van der Waals surface area contributed by atoms with Gasteiger partial charge in [-0.05, 0) is 39.0 Å². The van der Waals surface area contributed by atoms with Crippen LogP contribution in [0, 0.1) is 0 Å². The molecule has 7 heteroatoms. The van der Waals surface area contributed by atoms with E-state index in [-0.39, 0.29) is 36.6 Å². The van der Waals surface area contributed by atoms with Crippen molar-refractivity contribution in [2.75, 3.05) is 27.3 Å². The van der Waals surface area contributed by atoms with Gasteiger partial charge in [0.1, 0.15) is 17.6 Å². The van der Waals surface area contributed by atoms with Crippen molar-refractivity contribution in [3.8, 4) is 11.5 Å². The summed E-state index contributed by atoms with van der Waals surface area (Å²) in [5.74, 6) is 1.97. The Labute approximate surface area is 155 Å². The normalized spacial score (nSPS) is 12.4. The van der Waals surface area contributed by atoms with E-state index in [0.29, 0.717) is 23.0 Å². The monoisotopic (exact) mass is 437 g/mol. The molecule has 0 bridgehead atoms. The van der Waals surface area contributed by atoms with Crippen LogP contribution in [-0.2, 0) is 0 Å². The maximum Gasteiger partial charge on any atom is 0.191 e. The third-order valence-electron chi connectivity index (χ3n) is 2.99. The molecule has 3 N–H and O–H groups in total. The average Bonchev–Trinajstić information content (AvgIpc) is 2.51. The predicted octanol–water partition coefficient (Wildman–Crippen LogP) is 2.32. The Hall–Kier alpha value is -1.22. The number of benzene rings is 1. The number of hydrogen-bond donors (Lipinski definition) is 3. The van der Waals surface area contributed by atoms with Gasteiger partial charge in [0.05, 0.1) is 20.8 Å². The molecular weight excluding hydrogens is 409 g/mol. The van der Waals surface area contributed by atoms with Crippen LogP contribution >= 0.6 is 24.0 Å². The van der Waals surface area contributed by atoms with E-state index < -0.39 is 6.10 Å². The number of ether oxygens (including phenoxy) is 2. The molecule has 23 heavy (non-hydrogen) atoms. The molecule has 0 saturated carbocycles. The Bertz CT molecular complexity index is 495. The Balaban J connectivity index is 0.00000484. The number of guanidine groups is 1. The van der Waals surface area contributed by atoms with Crippen LogP contribution in [0.1, 0.15) is 32.4 Å². The van der Waals surface area contributed by atoms with Gasteiger partial charge < -0.3 is 25.2 Å². The first-order valence-corrected chi connectivity index (χ1v) is 7.46. The second kappa shape index (κ2) is 11.3. The number of rotatable bonds is 7. The number of aliphatic hydroxyl groups is 1. The van der Waals surface area contributed by atoms with E-state index in [1.807, 2.05) is 20.8 Å². The van der Waals surface area contributed by atoms with Crippen molar-refractivity contribution in [1.29, 1.82) is 0 Å². The highest BCUT2D eigenvalue weighted by Gasteiger charge is 2.14. The minimum absolute atomic E-state index is 0. The zero-order valence-corrected chi connectivity index (χ0v) is 16.8. The minimum Gasteiger partial charge on any atom is -0.497 e. The summed E-state index contributed by atoms with van der Waals surface area (Å²) in [6.07, 6.45) is -0.771. The van der Waals surface area contributed by atoms with Gasteiger partial charge in [0.15, 0.2) is 5.96 Å². The van der Waals surface area contributed by atoms with Gasteiger partial charge >= 0.3 is 0 Å². The first-order valence-electron chi connectivity index (χ1n) is 7.46. The average molecular weight is 437 g/mol. The van der Waals surface area contributed by atoms with Crippen LogP contribution in [0.25, 0.3) is 0 Å². The highest BCUT2D eigenvalue weighted by Crippen LogP contribution is 2.29. The summed E-state index contributed by atoms with van der Waals surface area (Å²) in [6, 6.07) is 5.60. The first-order chi connectivity index (χ1) is 10.5. The molecule has 1 rings (SSSR count). The maximum atomic E-state index is 10.4. The molecule has 0 heterocycles. The van der Waals surface area contributed by atoms with E-state index in [4.69, 9.17) is 9.47 Å². The van der Waals surface area contributed by atoms with Gasteiger partial charge in [0.2, 0.25) is 0 Å². The van der Waals surface area contributed by atoms with Crippen LogP contribution < -0.4 is 20.1 Å². The summed E-state index contributed by atoms with van der Waals surface area (Å²) in [7, 11) is 3.16. The van der Waals surface area contributed by atoms with Crippen LogP contribution in [0.4, 0.5) is 0 Å². The van der Waals surface area contributed by atoms with Crippen molar-refractivity contribution >= 4 is 29.9 Å². The predicted molar refractivity (Wildman–Crippen MR) is 104 cm³/mol. The molecule has 0 aliphatic heterocycles. The van der Waals surface area contributed by atoms with Gasteiger partial charge in [-0.15, -0.1) is 24.0 Å². The molecule has 0 radical (unpaired) electrons. The third-order valence-corrected chi connectivity index (χ3v) is 2.99. The van der Waals surface area contributed by atoms with Crippen molar-refractivity contribution in [1.82, 2.24) is 10.6 Å². The van der Waals surface area contributed by atoms with Crippen LogP contribution in [0.3, 0.4) is 0 Å². The molecule has 132 valence electrons. The number of nitrogens with zero attached hydrogens (tertiary/aromatic N) is 1. The summed E-state index contributed by atoms with van der Waals surface area (Å²) in [5, 5.41) is 16.8. The molecule has 0 aromatic heterocycles. The van der Waals surface area contributed by atoms with Crippen molar-refractivity contribution in [3.63, 3.8) is 0 Å². The molecule has 1 aromatic carbocycles. The summed E-state index contributed by atoms with van der Waals surface area (Å²) in [5.41, 5.74) is 0.658. The van der Waals surface area contributed by atoms with Crippen LogP contribution in [0.5, 0.6) is 11.5 Å². The van der Waals surface area contributed by atoms with Crippen molar-refractivity contribution in [2.24, 2.45) is 4.99 Å². The van der Waals surface area contributed by atoms with Gasteiger partial charge in [-0.1, -0.05) is 0 Å². The Morgan fingerprint density at radius 3 is 2.48 bits per heavy atom. The lowest BCUT2D eigenvalue weighted by Gasteiger charge is -2.17. The van der Waals surface area contributed by atoms with E-state index in [1.54, 1.807) is 32.4 Å². The summed E-state index contributed by atoms with van der Waals surface area (Å²) in [6.45, 7) is 7.06. The smallest absolute Gasteiger partial charge is 0.191 e. The number of halogens is 1. The molecule has 0 amide bonds. The molecule has 0 aliphatic rings. The lowest BCUT2D eigenvalue weighted by atomic mass is 10.1. The molecule has 6 nitrogen and oxygen atoms in total. The molecule has 0 aliphatic carbocycles. The fraction of sp³-hybridized carbons (Fsp3) is 0.562. The molecule has 0 saturated heterocycles. The van der Waals surface area contributed by atoms with Gasteiger partial charge in [0, 0.05) is 18.2 Å². The SMILES string of the molecule is CCNC(=NCC(O)c1cc(OC)ccc1OC)NC(C)C.I. The lowest BCUT2D eigenvalue weighted by Crippen LogP contribution is -2.41. The van der Waals surface area contributed by atoms with Crippen molar-refractivity contribution in [2.45, 2.75) is 32.9 Å². The molecular formula is C16H28IN3O3. The van der Waals surface area contributed by atoms with Crippen LogP contribution in [0.15, 0.2) is 23.2 Å². The standard InChI is InChI=1S/C16H27N3O3.HI/c1-6-17-16(19-11(2)3)18-10-14(20)13-9-12(21-4)7-8-15(13)22-5;/h7-9,11,14,20H,6,10H2,1-5H3,(H2,17,18,19);1H. The van der Waals surface area contributed by atoms with Gasteiger partial charge in [-0.25, -0.2) is 0 Å². The van der Waals surface area contributed by atoms with Crippen molar-refractivity contribution in [3.05, 3.63) is 23.8 Å². The number of aliphatic imine (C=N–C) groups is 1. The van der Waals surface area contributed by atoms with Gasteiger partial charge in [-0.3, -0.25) is 4.99 Å². The highest BCUT2D eigenvalue weighted by atomic mass is 127. The third kappa shape index (κ3) is 7.26. The quantitative estimate of drug-likeness (QED) is 0.347. The largest absolute Gasteiger partial charge is 0.497 e. The molecule has 0 fully saturated rings. The number of aliphatic hydroxyl groups excluding tert-OH is 1. The van der Waals surface area contributed by atoms with Crippen molar-refractivity contribution < 1.29 is 14.6 Å². The summed E-state index contributed by atoms with van der Waals surface area (Å²) in [4.78, 5) is 4.41. The fourth-order valence-electron chi connectivity index (χ4n) is 1.97. The molecule has 1 aromatic rings. The first kappa shape index (κ1) is 21.8. The molecule has 0 spiro atoms. The topological polar surface area (TPSA) is 75.1 Å². The van der Waals surface area contributed by atoms with E-state index >= 15 is 0 Å². The van der Waals surface area contributed by atoms with E-state index in [9.17, 15) is 5.11 Å². The molecule has 1 atom stereocenters. The van der Waals surface area contributed by atoms with E-state index in [1.165, 1.54) is 0 Å². The second-order valence-corrected chi connectivity index (χ2v) is 5.14. The minimum atomic E-state index is -0.771. The lowest BCUT2D eigenvalue weighted by molar-refractivity contribution is 0.182. The van der Waals surface area contributed by atoms with Gasteiger partial charge in [0.25, 0.3) is 0 Å². The number of nitrogens with one attached hydrogen (secondary N) is 2. The van der Waals surface area contributed by atoms with E-state index in [0.717, 1.165) is 6.54 Å². The Morgan fingerprint density at radius 2 is 1.96 bits per heavy atom. The number of methoxy groups -OCH3 is 2. The maximum absolute atomic E-state index is 10.4. The zero-order valence-electron chi connectivity index (χ0n) is 14.4. The Kier molecular flexibility index (Phi) is 10.7. The fourth-order valence-corrected chi connectivity index (χ4v) is 1.97. The molecule has 1 unspecified atom stereocenters. The highest BCUT2D eigenvalue weighted by molar-refractivity contribution is 14.0. The summed E-state index contributed by atoms with van der Waals surface area (Å²) >= 11 is 0. The second-order valence-electron chi connectivity index (χ2n) is 5.14. The van der Waals surface area contributed by atoms with Crippen LogP contribution in [-0.4, -0.2) is 44.4 Å². The summed E-state index contributed by atoms with van der Waals surface area (Å²) < 4.78 is 10.5.